The summed E-state index contributed by atoms with van der Waals surface area (Å²) in [6.07, 6.45) is 5.75. The van der Waals surface area contributed by atoms with Crippen molar-refractivity contribution >= 4 is 5.71 Å². The minimum absolute atomic E-state index is 0.364. The van der Waals surface area contributed by atoms with Crippen LogP contribution in [-0.4, -0.2) is 10.9 Å². The van der Waals surface area contributed by atoms with Crippen molar-refractivity contribution in [2.24, 2.45) is 11.1 Å². The predicted octanol–water partition coefficient (Wildman–Crippen LogP) is 2.31. The van der Waals surface area contributed by atoms with Gasteiger partial charge in [0.05, 0.1) is 11.8 Å². The lowest BCUT2D eigenvalue weighted by molar-refractivity contribution is 0.307. The Hall–Kier alpha value is -1.04. The van der Waals surface area contributed by atoms with Crippen molar-refractivity contribution in [3.8, 4) is 6.07 Å². The summed E-state index contributed by atoms with van der Waals surface area (Å²) in [5.41, 5.74) is 0.900. The van der Waals surface area contributed by atoms with Crippen molar-refractivity contribution in [1.82, 2.24) is 0 Å². The fraction of sp³-hybridized carbons (Fsp3) is 0.778. The molecule has 1 saturated carbocycles. The highest BCUT2D eigenvalue weighted by atomic mass is 16.4. The van der Waals surface area contributed by atoms with Crippen molar-refractivity contribution in [1.29, 1.82) is 5.26 Å². The molecule has 66 valence electrons. The Bertz CT molecular complexity index is 205. The standard InChI is InChI=1S/C9H14N2O/c10-7-3-5-8-4-1-2-6-9(8)11-12/h8,12H,1-6H2/b11-9-. The Labute approximate surface area is 72.7 Å². The second-order valence-electron chi connectivity index (χ2n) is 3.23. The van der Waals surface area contributed by atoms with E-state index in [1.807, 2.05) is 0 Å². The molecule has 1 aliphatic carbocycles. The van der Waals surface area contributed by atoms with Crippen LogP contribution in [0.5, 0.6) is 0 Å². The number of oxime groups is 1. The van der Waals surface area contributed by atoms with Gasteiger partial charge in [0.25, 0.3) is 0 Å². The van der Waals surface area contributed by atoms with E-state index in [4.69, 9.17) is 10.5 Å². The van der Waals surface area contributed by atoms with Gasteiger partial charge in [-0.15, -0.1) is 0 Å². The van der Waals surface area contributed by atoms with Gasteiger partial charge in [-0.25, -0.2) is 0 Å². The quantitative estimate of drug-likeness (QED) is 0.505. The van der Waals surface area contributed by atoms with E-state index in [-0.39, 0.29) is 0 Å². The van der Waals surface area contributed by atoms with E-state index in [1.54, 1.807) is 0 Å². The number of hydrogen-bond donors (Lipinski definition) is 1. The van der Waals surface area contributed by atoms with Crippen LogP contribution in [0.1, 0.15) is 38.5 Å². The predicted molar refractivity (Wildman–Crippen MR) is 46.0 cm³/mol. The summed E-state index contributed by atoms with van der Waals surface area (Å²) < 4.78 is 0. The molecule has 1 atom stereocenters. The summed E-state index contributed by atoms with van der Waals surface area (Å²) >= 11 is 0. The summed E-state index contributed by atoms with van der Waals surface area (Å²) in [5, 5.41) is 20.4. The Morgan fingerprint density at radius 3 is 3.08 bits per heavy atom. The molecule has 0 radical (unpaired) electrons. The summed E-state index contributed by atoms with van der Waals surface area (Å²) in [4.78, 5) is 0. The lowest BCUT2D eigenvalue weighted by Gasteiger charge is -2.21. The molecule has 0 aromatic rings. The van der Waals surface area contributed by atoms with Crippen LogP contribution in [0, 0.1) is 17.2 Å². The molecule has 0 aromatic heterocycles. The SMILES string of the molecule is N#CCCC1CCCC/C1=N/O. The van der Waals surface area contributed by atoms with Crippen LogP contribution >= 0.6 is 0 Å². The fourth-order valence-corrected chi connectivity index (χ4v) is 1.75. The first-order valence-electron chi connectivity index (χ1n) is 4.46. The van der Waals surface area contributed by atoms with Gasteiger partial charge in [-0.2, -0.15) is 5.26 Å². The van der Waals surface area contributed by atoms with E-state index < -0.39 is 0 Å². The Morgan fingerprint density at radius 2 is 2.42 bits per heavy atom. The molecule has 12 heavy (non-hydrogen) atoms. The van der Waals surface area contributed by atoms with Crippen LogP contribution in [-0.2, 0) is 0 Å². The highest BCUT2D eigenvalue weighted by Gasteiger charge is 2.20. The monoisotopic (exact) mass is 166 g/mol. The van der Waals surface area contributed by atoms with Gasteiger partial charge in [0.1, 0.15) is 0 Å². The third-order valence-electron chi connectivity index (χ3n) is 2.44. The van der Waals surface area contributed by atoms with Gasteiger partial charge in [0, 0.05) is 12.3 Å². The van der Waals surface area contributed by atoms with Crippen LogP contribution < -0.4 is 0 Å². The molecule has 1 aliphatic rings. The number of rotatable bonds is 2. The Morgan fingerprint density at radius 1 is 1.58 bits per heavy atom. The molecule has 0 bridgehead atoms. The van der Waals surface area contributed by atoms with Crippen molar-refractivity contribution in [2.45, 2.75) is 38.5 Å². The second-order valence-corrected chi connectivity index (χ2v) is 3.23. The zero-order chi connectivity index (χ0) is 8.81. The maximum atomic E-state index is 8.67. The van der Waals surface area contributed by atoms with Gasteiger partial charge in [0.15, 0.2) is 0 Å². The maximum Gasteiger partial charge on any atom is 0.0621 e. The highest BCUT2D eigenvalue weighted by Crippen LogP contribution is 2.25. The average molecular weight is 166 g/mol. The molecule has 1 fully saturated rings. The molecule has 0 saturated heterocycles. The lowest BCUT2D eigenvalue weighted by atomic mass is 9.84. The van der Waals surface area contributed by atoms with E-state index in [2.05, 4.69) is 11.2 Å². The topological polar surface area (TPSA) is 56.4 Å². The average Bonchev–Trinajstić information content (AvgIpc) is 2.15. The van der Waals surface area contributed by atoms with Gasteiger partial charge in [-0.3, -0.25) is 0 Å². The maximum absolute atomic E-state index is 8.67. The molecule has 1 N–H and O–H groups in total. The van der Waals surface area contributed by atoms with E-state index in [0.29, 0.717) is 12.3 Å². The third-order valence-corrected chi connectivity index (χ3v) is 2.44. The van der Waals surface area contributed by atoms with E-state index >= 15 is 0 Å². The van der Waals surface area contributed by atoms with E-state index in [9.17, 15) is 0 Å². The van der Waals surface area contributed by atoms with Crippen molar-refractivity contribution in [3.63, 3.8) is 0 Å². The molecular weight excluding hydrogens is 152 g/mol. The lowest BCUT2D eigenvalue weighted by Crippen LogP contribution is -2.19. The highest BCUT2D eigenvalue weighted by molar-refractivity contribution is 5.86. The van der Waals surface area contributed by atoms with Crippen molar-refractivity contribution in [3.05, 3.63) is 0 Å². The normalized spacial score (nSPS) is 26.9. The molecule has 1 rings (SSSR count). The first-order chi connectivity index (χ1) is 5.88. The molecular formula is C9H14N2O. The second kappa shape index (κ2) is 4.76. The first-order valence-corrected chi connectivity index (χ1v) is 4.46. The fourth-order valence-electron chi connectivity index (χ4n) is 1.75. The van der Waals surface area contributed by atoms with Crippen LogP contribution in [0.15, 0.2) is 5.16 Å². The summed E-state index contributed by atoms with van der Waals surface area (Å²) in [7, 11) is 0. The molecule has 0 amide bonds. The minimum atomic E-state index is 0.364. The molecule has 3 heteroatoms. The van der Waals surface area contributed by atoms with Crippen molar-refractivity contribution in [2.75, 3.05) is 0 Å². The molecule has 3 nitrogen and oxygen atoms in total. The smallest absolute Gasteiger partial charge is 0.0621 e. The molecule has 0 heterocycles. The minimum Gasteiger partial charge on any atom is -0.411 e. The first kappa shape index (κ1) is 9.05. The number of nitrogens with zero attached hydrogens (tertiary/aromatic N) is 2. The molecule has 0 spiro atoms. The number of hydrogen-bond acceptors (Lipinski definition) is 3. The van der Waals surface area contributed by atoms with Gasteiger partial charge in [-0.05, 0) is 25.7 Å². The largest absolute Gasteiger partial charge is 0.411 e. The molecule has 1 unspecified atom stereocenters. The number of nitriles is 1. The van der Waals surface area contributed by atoms with Gasteiger partial charge in [0.2, 0.25) is 0 Å². The van der Waals surface area contributed by atoms with Gasteiger partial charge < -0.3 is 5.21 Å². The van der Waals surface area contributed by atoms with E-state index in [0.717, 1.165) is 31.4 Å². The van der Waals surface area contributed by atoms with Crippen LogP contribution in [0.25, 0.3) is 0 Å². The summed E-state index contributed by atoms with van der Waals surface area (Å²) in [5.74, 6) is 0.364. The van der Waals surface area contributed by atoms with Crippen LogP contribution in [0.3, 0.4) is 0 Å². The van der Waals surface area contributed by atoms with Crippen LogP contribution in [0.4, 0.5) is 0 Å². The third kappa shape index (κ3) is 2.23. The Balaban J connectivity index is 2.43. The molecule has 0 aliphatic heterocycles. The van der Waals surface area contributed by atoms with Gasteiger partial charge in [-0.1, -0.05) is 11.6 Å². The zero-order valence-corrected chi connectivity index (χ0v) is 7.16. The zero-order valence-electron chi connectivity index (χ0n) is 7.16. The molecule has 0 aromatic carbocycles. The summed E-state index contributed by atoms with van der Waals surface area (Å²) in [6.45, 7) is 0. The van der Waals surface area contributed by atoms with Crippen LogP contribution in [0.2, 0.25) is 0 Å². The van der Waals surface area contributed by atoms with E-state index in [1.165, 1.54) is 6.42 Å². The van der Waals surface area contributed by atoms with Crippen molar-refractivity contribution < 1.29 is 5.21 Å². The van der Waals surface area contributed by atoms with Gasteiger partial charge >= 0.3 is 0 Å². The Kier molecular flexibility index (Phi) is 3.59. The summed E-state index contributed by atoms with van der Waals surface area (Å²) in [6, 6.07) is 2.12.